The third-order valence-electron chi connectivity index (χ3n) is 6.28. The lowest BCUT2D eigenvalue weighted by Crippen LogP contribution is -2.47. The molecule has 4 rings (SSSR count). The molecule has 1 aliphatic heterocycles. The second kappa shape index (κ2) is 7.81. The molecule has 1 atom stereocenters. The Hall–Kier alpha value is -2.20. The molecule has 0 aromatic heterocycles. The Labute approximate surface area is 161 Å². The van der Waals surface area contributed by atoms with Crippen molar-refractivity contribution in [2.75, 3.05) is 20.2 Å². The number of methoxy groups -OCH3 is 1. The molecule has 4 nitrogen and oxygen atoms in total. The summed E-state index contributed by atoms with van der Waals surface area (Å²) in [4.78, 5) is 19.8. The summed E-state index contributed by atoms with van der Waals surface area (Å²) in [5.41, 5.74) is 1.85. The van der Waals surface area contributed by atoms with Crippen molar-refractivity contribution in [1.82, 2.24) is 4.90 Å². The van der Waals surface area contributed by atoms with E-state index >= 15 is 0 Å². The van der Waals surface area contributed by atoms with Crippen molar-refractivity contribution in [3.05, 3.63) is 41.5 Å². The van der Waals surface area contributed by atoms with Gasteiger partial charge in [0.2, 0.25) is 0 Å². The molecule has 2 aromatic carbocycles. The van der Waals surface area contributed by atoms with Crippen molar-refractivity contribution in [2.45, 2.75) is 44.7 Å². The molecule has 0 spiro atoms. The van der Waals surface area contributed by atoms with Crippen LogP contribution in [0.4, 0.5) is 0 Å². The molecular formula is C23H28N2O2. The number of fused-ring (bicyclic) bond motifs is 1. The number of likely N-dealkylation sites (tertiary alicyclic amines) is 1. The SMILES string of the molecule is C=NCc1c(OC)ccc2cc(C(=O)[C@H]3CCCN(C4CCC4)C3)ccc12. The fourth-order valence-electron chi connectivity index (χ4n) is 4.53. The molecule has 0 amide bonds. The molecule has 0 unspecified atom stereocenters. The third-order valence-corrected chi connectivity index (χ3v) is 6.28. The highest BCUT2D eigenvalue weighted by Crippen LogP contribution is 2.32. The van der Waals surface area contributed by atoms with Gasteiger partial charge in [-0.25, -0.2) is 0 Å². The molecule has 0 radical (unpaired) electrons. The highest BCUT2D eigenvalue weighted by molar-refractivity contribution is 6.02. The van der Waals surface area contributed by atoms with Crippen molar-refractivity contribution in [3.63, 3.8) is 0 Å². The quantitative estimate of drug-likeness (QED) is 0.560. The first-order chi connectivity index (χ1) is 13.2. The van der Waals surface area contributed by atoms with Crippen LogP contribution < -0.4 is 4.74 Å². The van der Waals surface area contributed by atoms with Crippen LogP contribution in [0.2, 0.25) is 0 Å². The van der Waals surface area contributed by atoms with Crippen LogP contribution in [-0.2, 0) is 6.54 Å². The number of Topliss-reactive ketones (excluding diaryl/α,β-unsaturated/α-hetero) is 1. The van der Waals surface area contributed by atoms with E-state index in [1.807, 2.05) is 30.3 Å². The van der Waals surface area contributed by atoms with Gasteiger partial charge in [-0.05, 0) is 61.9 Å². The molecule has 1 heterocycles. The van der Waals surface area contributed by atoms with E-state index in [0.29, 0.717) is 12.3 Å². The fraction of sp³-hybridized carbons (Fsp3) is 0.478. The van der Waals surface area contributed by atoms with Crippen LogP contribution in [0.25, 0.3) is 10.8 Å². The Morgan fingerprint density at radius 3 is 2.78 bits per heavy atom. The van der Waals surface area contributed by atoms with Gasteiger partial charge >= 0.3 is 0 Å². The molecule has 0 bridgehead atoms. The lowest BCUT2D eigenvalue weighted by Gasteiger charge is -2.42. The Bertz CT molecular complexity index is 857. The van der Waals surface area contributed by atoms with E-state index in [-0.39, 0.29) is 5.92 Å². The normalized spacial score (nSPS) is 21.0. The van der Waals surface area contributed by atoms with Crippen LogP contribution in [0.5, 0.6) is 5.75 Å². The van der Waals surface area contributed by atoms with E-state index in [4.69, 9.17) is 4.74 Å². The number of hydrogen-bond acceptors (Lipinski definition) is 4. The van der Waals surface area contributed by atoms with Gasteiger partial charge in [0.25, 0.3) is 0 Å². The summed E-state index contributed by atoms with van der Waals surface area (Å²) >= 11 is 0. The fourth-order valence-corrected chi connectivity index (χ4v) is 4.53. The van der Waals surface area contributed by atoms with Crippen LogP contribution in [0, 0.1) is 5.92 Å². The van der Waals surface area contributed by atoms with Crippen LogP contribution in [-0.4, -0.2) is 43.6 Å². The summed E-state index contributed by atoms with van der Waals surface area (Å²) in [6.07, 6.45) is 6.09. The van der Waals surface area contributed by atoms with Gasteiger partial charge in [0.1, 0.15) is 5.75 Å². The molecule has 27 heavy (non-hydrogen) atoms. The van der Waals surface area contributed by atoms with Crippen molar-refractivity contribution in [2.24, 2.45) is 10.9 Å². The maximum absolute atomic E-state index is 13.2. The second-order valence-corrected chi connectivity index (χ2v) is 7.85. The summed E-state index contributed by atoms with van der Waals surface area (Å²) in [6, 6.07) is 10.7. The Kier molecular flexibility index (Phi) is 5.26. The molecule has 1 aliphatic carbocycles. The van der Waals surface area contributed by atoms with Gasteiger partial charge < -0.3 is 4.74 Å². The van der Waals surface area contributed by atoms with Crippen molar-refractivity contribution < 1.29 is 9.53 Å². The molecular weight excluding hydrogens is 336 g/mol. The Balaban J connectivity index is 1.59. The number of nitrogens with zero attached hydrogens (tertiary/aromatic N) is 2. The van der Waals surface area contributed by atoms with Gasteiger partial charge in [-0.1, -0.05) is 24.6 Å². The molecule has 2 aliphatic rings. The highest BCUT2D eigenvalue weighted by atomic mass is 16.5. The molecule has 1 saturated heterocycles. The first-order valence-corrected chi connectivity index (χ1v) is 10.0. The van der Waals surface area contributed by atoms with E-state index in [0.717, 1.165) is 59.6 Å². The maximum atomic E-state index is 13.2. The number of hydrogen-bond donors (Lipinski definition) is 0. The average Bonchev–Trinajstić information content (AvgIpc) is 2.66. The number of rotatable bonds is 6. The number of benzene rings is 2. The number of carbonyl (C=O) groups excluding carboxylic acids is 1. The van der Waals surface area contributed by atoms with E-state index in [9.17, 15) is 4.79 Å². The maximum Gasteiger partial charge on any atom is 0.167 e. The van der Waals surface area contributed by atoms with Gasteiger partial charge in [-0.2, -0.15) is 0 Å². The zero-order chi connectivity index (χ0) is 18.8. The molecule has 142 valence electrons. The van der Waals surface area contributed by atoms with E-state index in [1.54, 1.807) is 7.11 Å². The largest absolute Gasteiger partial charge is 0.496 e. The second-order valence-electron chi connectivity index (χ2n) is 7.85. The number of ether oxygens (including phenoxy) is 1. The monoisotopic (exact) mass is 364 g/mol. The van der Waals surface area contributed by atoms with Crippen LogP contribution >= 0.6 is 0 Å². The summed E-state index contributed by atoms with van der Waals surface area (Å²) < 4.78 is 5.47. The third kappa shape index (κ3) is 3.51. The lowest BCUT2D eigenvalue weighted by molar-refractivity contribution is 0.0612. The molecule has 1 saturated carbocycles. The van der Waals surface area contributed by atoms with Gasteiger partial charge in [0.15, 0.2) is 5.78 Å². The van der Waals surface area contributed by atoms with Gasteiger partial charge in [-0.15, -0.1) is 0 Å². The minimum atomic E-state index is 0.129. The highest BCUT2D eigenvalue weighted by Gasteiger charge is 2.32. The summed E-state index contributed by atoms with van der Waals surface area (Å²) in [5, 5.41) is 2.14. The van der Waals surface area contributed by atoms with Crippen LogP contribution in [0.15, 0.2) is 35.3 Å². The van der Waals surface area contributed by atoms with Gasteiger partial charge in [0.05, 0.1) is 13.7 Å². The molecule has 2 fully saturated rings. The summed E-state index contributed by atoms with van der Waals surface area (Å²) in [6.45, 7) is 6.20. The zero-order valence-electron chi connectivity index (χ0n) is 16.1. The van der Waals surface area contributed by atoms with Crippen molar-refractivity contribution >= 4 is 23.3 Å². The lowest BCUT2D eigenvalue weighted by atomic mass is 9.85. The number of carbonyl (C=O) groups is 1. The predicted octanol–water partition coefficient (Wildman–Crippen LogP) is 4.50. The Morgan fingerprint density at radius 2 is 2.07 bits per heavy atom. The number of piperidine rings is 1. The molecule has 0 N–H and O–H groups in total. The molecule has 4 heteroatoms. The smallest absolute Gasteiger partial charge is 0.167 e. The van der Waals surface area contributed by atoms with E-state index < -0.39 is 0 Å². The van der Waals surface area contributed by atoms with Crippen LogP contribution in [0.1, 0.15) is 48.0 Å². The van der Waals surface area contributed by atoms with Gasteiger partial charge in [-0.3, -0.25) is 14.7 Å². The zero-order valence-corrected chi connectivity index (χ0v) is 16.1. The summed E-state index contributed by atoms with van der Waals surface area (Å²) in [5.74, 6) is 1.24. The predicted molar refractivity (Wildman–Crippen MR) is 110 cm³/mol. The average molecular weight is 364 g/mol. The van der Waals surface area contributed by atoms with Crippen LogP contribution in [0.3, 0.4) is 0 Å². The van der Waals surface area contributed by atoms with Gasteiger partial charge in [0, 0.05) is 29.6 Å². The number of ketones is 1. The van der Waals surface area contributed by atoms with E-state index in [1.165, 1.54) is 19.3 Å². The minimum Gasteiger partial charge on any atom is -0.496 e. The standard InChI is InChI=1S/C23H28N2O2/c1-24-14-21-20-10-8-17(13-16(20)9-11-22(21)27-2)23(26)18-5-4-12-25(15-18)19-6-3-7-19/h8-11,13,18-19H,1,3-7,12,14-15H2,2H3/t18-/m0/s1. The number of aliphatic imine (C=N–C) groups is 1. The van der Waals surface area contributed by atoms with Crippen molar-refractivity contribution in [3.8, 4) is 5.75 Å². The topological polar surface area (TPSA) is 41.9 Å². The van der Waals surface area contributed by atoms with E-state index in [2.05, 4.69) is 16.6 Å². The summed E-state index contributed by atoms with van der Waals surface area (Å²) in [7, 11) is 1.67. The first-order valence-electron chi connectivity index (χ1n) is 10.0. The van der Waals surface area contributed by atoms with Crippen molar-refractivity contribution in [1.29, 1.82) is 0 Å². The minimum absolute atomic E-state index is 0.129. The Morgan fingerprint density at radius 1 is 1.22 bits per heavy atom. The molecule has 2 aromatic rings. The first kappa shape index (κ1) is 18.2.